The monoisotopic (exact) mass is 267 g/mol. The third-order valence-corrected chi connectivity index (χ3v) is 3.73. The van der Waals surface area contributed by atoms with Crippen molar-refractivity contribution in [3.63, 3.8) is 0 Å². The van der Waals surface area contributed by atoms with E-state index in [1.165, 1.54) is 4.90 Å². The summed E-state index contributed by atoms with van der Waals surface area (Å²) in [4.78, 5) is 18.3. The summed E-state index contributed by atoms with van der Waals surface area (Å²) < 4.78 is 0. The number of amidine groups is 2. The summed E-state index contributed by atoms with van der Waals surface area (Å²) in [6.45, 7) is 1.95. The number of allylic oxidation sites excluding steroid dienone is 5. The molecule has 0 saturated carbocycles. The first-order chi connectivity index (χ1) is 9.65. The molecule has 3 aliphatic rings. The molecule has 0 aromatic rings. The van der Waals surface area contributed by atoms with Gasteiger partial charge in [-0.3, -0.25) is 15.1 Å². The van der Waals surface area contributed by atoms with Gasteiger partial charge in [0.1, 0.15) is 5.84 Å². The number of amides is 1. The van der Waals surface area contributed by atoms with Gasteiger partial charge in [-0.25, -0.2) is 4.99 Å². The van der Waals surface area contributed by atoms with E-state index in [9.17, 15) is 4.79 Å². The smallest absolute Gasteiger partial charge is 0.267 e. The van der Waals surface area contributed by atoms with Crippen LogP contribution >= 0.6 is 0 Å². The number of carbonyl (C=O) groups is 1. The molecule has 4 nitrogen and oxygen atoms in total. The minimum absolute atomic E-state index is 0.0788. The second-order valence-electron chi connectivity index (χ2n) is 5.32. The van der Waals surface area contributed by atoms with Gasteiger partial charge in [-0.15, -0.1) is 0 Å². The lowest BCUT2D eigenvalue weighted by Crippen LogP contribution is -2.40. The van der Waals surface area contributed by atoms with Gasteiger partial charge in [-0.2, -0.15) is 0 Å². The predicted molar refractivity (Wildman–Crippen MR) is 79.5 cm³/mol. The Morgan fingerprint density at radius 2 is 2.30 bits per heavy atom. The van der Waals surface area contributed by atoms with Gasteiger partial charge in [0, 0.05) is 6.20 Å². The first-order valence-electron chi connectivity index (χ1n) is 6.89. The molecule has 1 aliphatic carbocycles. The standard InChI is InChI=1S/C16H17N3O/c1-11-7-8-19-14(9-11)18-15(17)13(16(19)20)10-12-5-3-2-4-6-12/h2-3,7-10,12,17H,4-6H2,1H3/t12-/m0/s1. The van der Waals surface area contributed by atoms with Crippen molar-refractivity contribution in [2.45, 2.75) is 26.2 Å². The van der Waals surface area contributed by atoms with Crippen LogP contribution in [-0.2, 0) is 4.79 Å². The number of nitrogens with zero attached hydrogens (tertiary/aromatic N) is 2. The molecule has 1 amide bonds. The fourth-order valence-corrected chi connectivity index (χ4v) is 2.61. The van der Waals surface area contributed by atoms with Crippen molar-refractivity contribution in [2.75, 3.05) is 0 Å². The molecular weight excluding hydrogens is 250 g/mol. The summed E-state index contributed by atoms with van der Waals surface area (Å²) in [6, 6.07) is 0. The molecular formula is C16H17N3O. The van der Waals surface area contributed by atoms with Crippen molar-refractivity contribution >= 4 is 17.6 Å². The van der Waals surface area contributed by atoms with Crippen molar-refractivity contribution in [1.82, 2.24) is 4.90 Å². The van der Waals surface area contributed by atoms with Crippen LogP contribution in [0.25, 0.3) is 0 Å². The molecule has 1 atom stereocenters. The first kappa shape index (κ1) is 12.8. The van der Waals surface area contributed by atoms with Crippen LogP contribution in [0.3, 0.4) is 0 Å². The number of nitrogens with one attached hydrogen (secondary N) is 1. The SMILES string of the molecule is CC1=CC2=NC(=N)C(=C[C@H]3CC=CCC3)C(=O)N2C=C1. The second kappa shape index (κ2) is 5.04. The van der Waals surface area contributed by atoms with Gasteiger partial charge in [-0.05, 0) is 49.8 Å². The predicted octanol–water partition coefficient (Wildman–Crippen LogP) is 2.96. The van der Waals surface area contributed by atoms with Crippen LogP contribution in [0.5, 0.6) is 0 Å². The number of fused-ring (bicyclic) bond motifs is 1. The Labute approximate surface area is 118 Å². The summed E-state index contributed by atoms with van der Waals surface area (Å²) >= 11 is 0. The van der Waals surface area contributed by atoms with Crippen molar-refractivity contribution in [3.05, 3.63) is 47.7 Å². The van der Waals surface area contributed by atoms with E-state index in [0.717, 1.165) is 24.8 Å². The summed E-state index contributed by atoms with van der Waals surface area (Å²) in [5.74, 6) is 0.812. The van der Waals surface area contributed by atoms with E-state index in [1.807, 2.05) is 25.2 Å². The van der Waals surface area contributed by atoms with Gasteiger partial charge in [0.05, 0.1) is 5.57 Å². The van der Waals surface area contributed by atoms with E-state index in [-0.39, 0.29) is 11.7 Å². The topological polar surface area (TPSA) is 56.5 Å². The third-order valence-electron chi connectivity index (χ3n) is 3.73. The average Bonchev–Trinajstić information content (AvgIpc) is 2.44. The van der Waals surface area contributed by atoms with Gasteiger partial charge < -0.3 is 0 Å². The molecule has 4 heteroatoms. The Morgan fingerprint density at radius 1 is 1.45 bits per heavy atom. The van der Waals surface area contributed by atoms with E-state index in [4.69, 9.17) is 5.41 Å². The highest BCUT2D eigenvalue weighted by molar-refractivity contribution is 6.31. The minimum Gasteiger partial charge on any atom is -0.282 e. The van der Waals surface area contributed by atoms with Crippen LogP contribution < -0.4 is 0 Å². The van der Waals surface area contributed by atoms with Crippen LogP contribution in [0.2, 0.25) is 0 Å². The molecule has 0 unspecified atom stereocenters. The van der Waals surface area contributed by atoms with Crippen molar-refractivity contribution < 1.29 is 4.79 Å². The molecule has 0 spiro atoms. The molecule has 102 valence electrons. The Morgan fingerprint density at radius 3 is 3.05 bits per heavy atom. The Bertz CT molecular complexity index is 620. The lowest BCUT2D eigenvalue weighted by molar-refractivity contribution is -0.121. The minimum atomic E-state index is -0.144. The van der Waals surface area contributed by atoms with Crippen molar-refractivity contribution in [3.8, 4) is 0 Å². The molecule has 0 saturated heterocycles. The largest absolute Gasteiger partial charge is 0.282 e. The summed E-state index contributed by atoms with van der Waals surface area (Å²) in [7, 11) is 0. The van der Waals surface area contributed by atoms with Crippen molar-refractivity contribution in [1.29, 1.82) is 5.41 Å². The molecule has 1 N–H and O–H groups in total. The van der Waals surface area contributed by atoms with Gasteiger partial charge >= 0.3 is 0 Å². The van der Waals surface area contributed by atoms with Crippen LogP contribution in [0.1, 0.15) is 26.2 Å². The molecule has 2 aliphatic heterocycles. The Hall–Kier alpha value is -2.23. The summed E-state index contributed by atoms with van der Waals surface area (Å²) in [6.07, 6.45) is 14.7. The van der Waals surface area contributed by atoms with E-state index in [0.29, 0.717) is 17.3 Å². The van der Waals surface area contributed by atoms with Gasteiger partial charge in [0.2, 0.25) is 0 Å². The number of aliphatic imine (C=N–C) groups is 1. The Kier molecular flexibility index (Phi) is 3.22. The molecule has 3 rings (SSSR count). The molecule has 0 aromatic heterocycles. The number of carbonyl (C=O) groups excluding carboxylic acids is 1. The highest BCUT2D eigenvalue weighted by Gasteiger charge is 2.30. The number of hydrogen-bond acceptors (Lipinski definition) is 2. The molecule has 0 radical (unpaired) electrons. The normalized spacial score (nSPS) is 27.6. The van der Waals surface area contributed by atoms with Crippen LogP contribution in [-0.4, -0.2) is 22.5 Å². The van der Waals surface area contributed by atoms with Crippen molar-refractivity contribution in [2.24, 2.45) is 10.9 Å². The maximum Gasteiger partial charge on any atom is 0.267 e. The fraction of sp³-hybridized carbons (Fsp3) is 0.312. The zero-order valence-electron chi connectivity index (χ0n) is 11.5. The zero-order chi connectivity index (χ0) is 14.1. The molecule has 0 fully saturated rings. The first-order valence-corrected chi connectivity index (χ1v) is 6.89. The third kappa shape index (κ3) is 2.29. The molecule has 2 heterocycles. The highest BCUT2D eigenvalue weighted by atomic mass is 16.2. The van der Waals surface area contributed by atoms with Gasteiger partial charge in [0.25, 0.3) is 5.91 Å². The van der Waals surface area contributed by atoms with Gasteiger partial charge in [0.15, 0.2) is 5.84 Å². The molecule has 0 aromatic carbocycles. The summed E-state index contributed by atoms with van der Waals surface area (Å²) in [5, 5.41) is 8.01. The lowest BCUT2D eigenvalue weighted by atomic mass is 9.91. The highest BCUT2D eigenvalue weighted by Crippen LogP contribution is 2.25. The Balaban J connectivity index is 1.93. The van der Waals surface area contributed by atoms with E-state index in [1.54, 1.807) is 6.20 Å². The van der Waals surface area contributed by atoms with E-state index < -0.39 is 0 Å². The van der Waals surface area contributed by atoms with Crippen LogP contribution in [0, 0.1) is 11.3 Å². The molecule has 20 heavy (non-hydrogen) atoms. The maximum atomic E-state index is 12.5. The average molecular weight is 267 g/mol. The van der Waals surface area contributed by atoms with E-state index in [2.05, 4.69) is 17.1 Å². The molecule has 0 bridgehead atoms. The van der Waals surface area contributed by atoms with Gasteiger partial charge in [-0.1, -0.05) is 18.2 Å². The maximum absolute atomic E-state index is 12.5. The van der Waals surface area contributed by atoms with Crippen LogP contribution in [0.15, 0.2) is 52.7 Å². The van der Waals surface area contributed by atoms with Crippen LogP contribution in [0.4, 0.5) is 0 Å². The zero-order valence-corrected chi connectivity index (χ0v) is 11.5. The number of rotatable bonds is 1. The second-order valence-corrected chi connectivity index (χ2v) is 5.32. The quantitative estimate of drug-likeness (QED) is 0.576. The lowest BCUT2D eigenvalue weighted by Gasteiger charge is -2.27. The van der Waals surface area contributed by atoms with E-state index >= 15 is 0 Å². The summed E-state index contributed by atoms with van der Waals surface area (Å²) in [5.41, 5.74) is 1.46. The number of hydrogen-bond donors (Lipinski definition) is 1. The fourth-order valence-electron chi connectivity index (χ4n) is 2.61.